The van der Waals surface area contributed by atoms with Crippen molar-refractivity contribution in [2.45, 2.75) is 32.8 Å². The lowest BCUT2D eigenvalue weighted by atomic mass is 9.92. The van der Waals surface area contributed by atoms with E-state index in [1.54, 1.807) is 12.1 Å². The number of rotatable bonds is 7. The maximum atomic E-state index is 13.1. The minimum Gasteiger partial charge on any atom is -0.494 e. The van der Waals surface area contributed by atoms with E-state index in [4.69, 9.17) is 25.8 Å². The van der Waals surface area contributed by atoms with E-state index in [1.807, 2.05) is 6.92 Å². The summed E-state index contributed by atoms with van der Waals surface area (Å²) in [5, 5.41) is 11.8. The standard InChI is InChI=1S/C22H24ClN5O4S/c1-12-7-14(15-8-18(23)25-10-17(15)30-4)16(9-24-12)19(29)26-20-27-28-21(33-20)31-11-13-5-6-32-22(13,2)3/h7-10,13H,5-6,11H2,1-4H3,(H,26,27,29)/t13-/m0/s1. The molecule has 0 saturated carbocycles. The van der Waals surface area contributed by atoms with Gasteiger partial charge in [0, 0.05) is 35.5 Å². The number of amides is 1. The number of pyridine rings is 2. The molecule has 0 aromatic carbocycles. The quantitative estimate of drug-likeness (QED) is 0.486. The minimum atomic E-state index is -0.388. The lowest BCUT2D eigenvalue weighted by Gasteiger charge is -2.24. The maximum absolute atomic E-state index is 13.1. The highest BCUT2D eigenvalue weighted by molar-refractivity contribution is 7.17. The molecule has 3 aromatic heterocycles. The van der Waals surface area contributed by atoms with E-state index < -0.39 is 0 Å². The first kappa shape index (κ1) is 23.3. The zero-order valence-electron chi connectivity index (χ0n) is 18.7. The second-order valence-corrected chi connectivity index (χ2v) is 9.48. The molecule has 1 aliphatic heterocycles. The first-order valence-electron chi connectivity index (χ1n) is 10.3. The Kier molecular flexibility index (Phi) is 6.78. The molecule has 1 N–H and O–H groups in total. The van der Waals surface area contributed by atoms with Gasteiger partial charge in [-0.1, -0.05) is 16.7 Å². The SMILES string of the molecule is COc1cnc(Cl)cc1-c1cc(C)ncc1C(=O)Nc1nnc(OC[C@@H]2CCOC2(C)C)s1. The molecule has 1 fully saturated rings. The second kappa shape index (κ2) is 9.58. The van der Waals surface area contributed by atoms with Crippen LogP contribution < -0.4 is 14.8 Å². The van der Waals surface area contributed by atoms with E-state index in [1.165, 1.54) is 19.5 Å². The molecule has 1 saturated heterocycles. The zero-order valence-corrected chi connectivity index (χ0v) is 20.3. The van der Waals surface area contributed by atoms with Gasteiger partial charge in [0.25, 0.3) is 11.1 Å². The van der Waals surface area contributed by atoms with E-state index in [-0.39, 0.29) is 22.6 Å². The second-order valence-electron chi connectivity index (χ2n) is 8.15. The van der Waals surface area contributed by atoms with Gasteiger partial charge in [-0.15, -0.1) is 5.10 Å². The monoisotopic (exact) mass is 489 g/mol. The van der Waals surface area contributed by atoms with Crippen LogP contribution >= 0.6 is 22.9 Å². The summed E-state index contributed by atoms with van der Waals surface area (Å²) in [6, 6.07) is 3.44. The fourth-order valence-corrected chi connectivity index (χ4v) is 4.38. The van der Waals surface area contributed by atoms with Gasteiger partial charge in [0.1, 0.15) is 10.9 Å². The summed E-state index contributed by atoms with van der Waals surface area (Å²) in [5.41, 5.74) is 2.10. The predicted octanol–water partition coefficient (Wildman–Crippen LogP) is 4.41. The fourth-order valence-electron chi connectivity index (χ4n) is 3.62. The van der Waals surface area contributed by atoms with Crippen LogP contribution in [0.15, 0.2) is 24.5 Å². The molecule has 1 aliphatic rings. The van der Waals surface area contributed by atoms with E-state index in [9.17, 15) is 4.79 Å². The molecule has 11 heteroatoms. The average molecular weight is 490 g/mol. The number of hydrogen-bond donors (Lipinski definition) is 1. The molecular weight excluding hydrogens is 466 g/mol. The van der Waals surface area contributed by atoms with Crippen molar-refractivity contribution in [2.75, 3.05) is 25.6 Å². The van der Waals surface area contributed by atoms with Crippen molar-refractivity contribution in [3.05, 3.63) is 40.9 Å². The number of carbonyl (C=O) groups excluding carboxylic acids is 1. The summed E-state index contributed by atoms with van der Waals surface area (Å²) in [7, 11) is 1.53. The Morgan fingerprint density at radius 1 is 1.27 bits per heavy atom. The summed E-state index contributed by atoms with van der Waals surface area (Å²) >= 11 is 7.26. The van der Waals surface area contributed by atoms with Crippen molar-refractivity contribution in [1.29, 1.82) is 0 Å². The normalized spacial score (nSPS) is 17.1. The van der Waals surface area contributed by atoms with E-state index >= 15 is 0 Å². The summed E-state index contributed by atoms with van der Waals surface area (Å²) in [6.07, 6.45) is 3.95. The molecule has 0 bridgehead atoms. The lowest BCUT2D eigenvalue weighted by molar-refractivity contribution is -0.0000271. The van der Waals surface area contributed by atoms with Crippen molar-refractivity contribution < 1.29 is 19.0 Å². The molecule has 4 heterocycles. The van der Waals surface area contributed by atoms with Crippen molar-refractivity contribution in [2.24, 2.45) is 5.92 Å². The third kappa shape index (κ3) is 5.23. The molecule has 33 heavy (non-hydrogen) atoms. The number of aromatic nitrogens is 4. The third-order valence-corrected chi connectivity index (χ3v) is 6.55. The maximum Gasteiger partial charge on any atom is 0.295 e. The topological polar surface area (TPSA) is 108 Å². The van der Waals surface area contributed by atoms with Crippen LogP contribution in [-0.4, -0.2) is 52.0 Å². The van der Waals surface area contributed by atoms with Gasteiger partial charge in [0.2, 0.25) is 5.13 Å². The zero-order chi connectivity index (χ0) is 23.6. The number of aryl methyl sites for hydroxylation is 1. The van der Waals surface area contributed by atoms with Crippen LogP contribution in [0.25, 0.3) is 11.1 Å². The molecule has 4 rings (SSSR count). The molecule has 9 nitrogen and oxygen atoms in total. The molecule has 174 valence electrons. The van der Waals surface area contributed by atoms with Gasteiger partial charge in [-0.3, -0.25) is 15.1 Å². The Hall–Kier alpha value is -2.82. The van der Waals surface area contributed by atoms with E-state index in [0.29, 0.717) is 39.4 Å². The Labute approximate surface area is 200 Å². The van der Waals surface area contributed by atoms with Crippen molar-refractivity contribution >= 4 is 34.0 Å². The van der Waals surface area contributed by atoms with E-state index in [0.717, 1.165) is 30.1 Å². The van der Waals surface area contributed by atoms with Crippen LogP contribution in [0.3, 0.4) is 0 Å². The smallest absolute Gasteiger partial charge is 0.295 e. The van der Waals surface area contributed by atoms with Gasteiger partial charge in [0.15, 0.2) is 0 Å². The molecule has 0 radical (unpaired) electrons. The van der Waals surface area contributed by atoms with Gasteiger partial charge < -0.3 is 14.2 Å². The molecule has 0 spiro atoms. The first-order chi connectivity index (χ1) is 15.8. The fraction of sp³-hybridized carbons (Fsp3) is 0.409. The third-order valence-electron chi connectivity index (χ3n) is 5.59. The Morgan fingerprint density at radius 3 is 2.82 bits per heavy atom. The number of halogens is 1. The lowest BCUT2D eigenvalue weighted by Crippen LogP contribution is -2.31. The number of carbonyl (C=O) groups is 1. The van der Waals surface area contributed by atoms with Gasteiger partial charge in [-0.2, -0.15) is 0 Å². The summed E-state index contributed by atoms with van der Waals surface area (Å²) in [5.74, 6) is 0.368. The number of anilines is 1. The number of nitrogens with zero attached hydrogens (tertiary/aromatic N) is 4. The van der Waals surface area contributed by atoms with Gasteiger partial charge in [-0.05, 0) is 50.7 Å². The van der Waals surface area contributed by atoms with E-state index in [2.05, 4.69) is 39.3 Å². The van der Waals surface area contributed by atoms with Crippen molar-refractivity contribution in [3.63, 3.8) is 0 Å². The first-order valence-corrected chi connectivity index (χ1v) is 11.5. The molecule has 3 aromatic rings. The van der Waals surface area contributed by atoms with Crippen LogP contribution in [0.2, 0.25) is 5.15 Å². The van der Waals surface area contributed by atoms with Crippen molar-refractivity contribution in [3.8, 4) is 22.1 Å². The highest BCUT2D eigenvalue weighted by Crippen LogP contribution is 2.35. The average Bonchev–Trinajstić information content (AvgIpc) is 3.36. The van der Waals surface area contributed by atoms with Crippen LogP contribution in [0.5, 0.6) is 10.9 Å². The highest BCUT2D eigenvalue weighted by atomic mass is 35.5. The van der Waals surface area contributed by atoms with Crippen LogP contribution in [0, 0.1) is 12.8 Å². The highest BCUT2D eigenvalue weighted by Gasteiger charge is 2.36. The Bertz CT molecular complexity index is 1170. The van der Waals surface area contributed by atoms with Gasteiger partial charge in [-0.25, -0.2) is 4.98 Å². The Balaban J connectivity index is 1.52. The van der Waals surface area contributed by atoms with Gasteiger partial charge in [0.05, 0.1) is 31.1 Å². The number of hydrogen-bond acceptors (Lipinski definition) is 9. The predicted molar refractivity (Wildman–Crippen MR) is 125 cm³/mol. The molecule has 1 amide bonds. The van der Waals surface area contributed by atoms with Gasteiger partial charge >= 0.3 is 0 Å². The largest absolute Gasteiger partial charge is 0.494 e. The molecule has 0 aliphatic carbocycles. The number of methoxy groups -OCH3 is 1. The summed E-state index contributed by atoms with van der Waals surface area (Å²) in [6.45, 7) is 7.14. The Morgan fingerprint density at radius 2 is 2.09 bits per heavy atom. The summed E-state index contributed by atoms with van der Waals surface area (Å²) < 4.78 is 17.0. The molecule has 0 unspecified atom stereocenters. The van der Waals surface area contributed by atoms with Crippen LogP contribution in [0.4, 0.5) is 5.13 Å². The van der Waals surface area contributed by atoms with Crippen LogP contribution in [0.1, 0.15) is 36.3 Å². The summed E-state index contributed by atoms with van der Waals surface area (Å²) in [4.78, 5) is 21.4. The molecular formula is C22H24ClN5O4S. The molecule has 1 atom stereocenters. The minimum absolute atomic E-state index is 0.229. The number of nitrogens with one attached hydrogen (secondary N) is 1. The van der Waals surface area contributed by atoms with Crippen LogP contribution in [-0.2, 0) is 4.74 Å². The van der Waals surface area contributed by atoms with Crippen molar-refractivity contribution in [1.82, 2.24) is 20.2 Å². The number of ether oxygens (including phenoxy) is 3.